The summed E-state index contributed by atoms with van der Waals surface area (Å²) in [7, 11) is 0. The summed E-state index contributed by atoms with van der Waals surface area (Å²) < 4.78 is 33.3. The van der Waals surface area contributed by atoms with Crippen LogP contribution in [0.25, 0.3) is 0 Å². The summed E-state index contributed by atoms with van der Waals surface area (Å²) in [5.41, 5.74) is 3.00. The molecule has 0 saturated carbocycles. The van der Waals surface area contributed by atoms with Crippen LogP contribution in [0.4, 0.5) is 8.78 Å². The number of halogens is 2. The van der Waals surface area contributed by atoms with Crippen molar-refractivity contribution in [3.63, 3.8) is 0 Å². The third-order valence-electron chi connectivity index (χ3n) is 4.85. The molecule has 0 aromatic heterocycles. The fourth-order valence-electron chi connectivity index (χ4n) is 3.13. The number of allylic oxidation sites excluding steroid dienone is 6. The van der Waals surface area contributed by atoms with Gasteiger partial charge in [0, 0.05) is 5.92 Å². The fraction of sp³-hybridized carbons (Fsp3) is 0.545. The standard InChI is InChI=1S/C22H30F2O2/c1-15(19-10-6-7-11-21(19)24)8-4-5-9-18(23)12-13-20-17(3)22(20)26-14-16(2)25/h6-7,11-13,16,18-19,22,25H,1,4-5,8-10,14H2,2-3H3/b13-12-/t16-,18?,19?,22?/m0/s1. The minimum absolute atomic E-state index is 0.0659. The number of aliphatic hydroxyl groups excluding tert-OH is 1. The predicted octanol–water partition coefficient (Wildman–Crippen LogP) is 5.52. The van der Waals surface area contributed by atoms with E-state index >= 15 is 0 Å². The summed E-state index contributed by atoms with van der Waals surface area (Å²) in [4.78, 5) is 0. The average Bonchev–Trinajstić information content (AvgIpc) is 3.23. The summed E-state index contributed by atoms with van der Waals surface area (Å²) in [5.74, 6) is -0.325. The lowest BCUT2D eigenvalue weighted by Gasteiger charge is -2.18. The maximum absolute atomic E-state index is 14.0. The molecule has 0 radical (unpaired) electrons. The van der Waals surface area contributed by atoms with E-state index in [0.29, 0.717) is 12.8 Å². The van der Waals surface area contributed by atoms with Gasteiger partial charge in [0.1, 0.15) is 18.1 Å². The largest absolute Gasteiger partial charge is 0.391 e. The summed E-state index contributed by atoms with van der Waals surface area (Å²) in [6.07, 6.45) is 10.4. The summed E-state index contributed by atoms with van der Waals surface area (Å²) in [5, 5.41) is 9.22. The van der Waals surface area contributed by atoms with Crippen LogP contribution >= 0.6 is 0 Å². The van der Waals surface area contributed by atoms with Gasteiger partial charge in [0.25, 0.3) is 0 Å². The van der Waals surface area contributed by atoms with E-state index in [1.165, 1.54) is 6.08 Å². The molecule has 0 aliphatic heterocycles. The molecule has 0 saturated heterocycles. The third kappa shape index (κ3) is 6.33. The normalized spacial score (nSPS) is 24.7. The monoisotopic (exact) mass is 364 g/mol. The van der Waals surface area contributed by atoms with Crippen molar-refractivity contribution in [1.29, 1.82) is 0 Å². The number of aliphatic hydroxyl groups is 1. The van der Waals surface area contributed by atoms with Crippen LogP contribution in [0.5, 0.6) is 0 Å². The van der Waals surface area contributed by atoms with E-state index in [9.17, 15) is 13.9 Å². The first-order chi connectivity index (χ1) is 12.4. The van der Waals surface area contributed by atoms with Gasteiger partial charge in [-0.05, 0) is 63.2 Å². The Balaban J connectivity index is 1.61. The van der Waals surface area contributed by atoms with Crippen LogP contribution in [0.15, 0.2) is 59.5 Å². The van der Waals surface area contributed by atoms with Crippen molar-refractivity contribution >= 4 is 0 Å². The molecule has 0 fully saturated rings. The zero-order valence-corrected chi connectivity index (χ0v) is 15.8. The highest BCUT2D eigenvalue weighted by Crippen LogP contribution is 2.35. The lowest BCUT2D eigenvalue weighted by atomic mass is 9.89. The molecule has 26 heavy (non-hydrogen) atoms. The van der Waals surface area contributed by atoms with Gasteiger partial charge in [-0.25, -0.2) is 8.78 Å². The van der Waals surface area contributed by atoms with E-state index < -0.39 is 12.3 Å². The Morgan fingerprint density at radius 3 is 2.92 bits per heavy atom. The van der Waals surface area contributed by atoms with Crippen molar-refractivity contribution < 1.29 is 18.6 Å². The molecule has 2 aliphatic rings. The van der Waals surface area contributed by atoms with Crippen LogP contribution in [0.1, 0.15) is 46.0 Å². The van der Waals surface area contributed by atoms with Crippen molar-refractivity contribution in [1.82, 2.24) is 0 Å². The molecule has 4 atom stereocenters. The molecule has 144 valence electrons. The van der Waals surface area contributed by atoms with E-state index in [1.807, 2.05) is 13.0 Å². The van der Waals surface area contributed by atoms with Gasteiger partial charge in [0.05, 0.1) is 12.7 Å². The molecular formula is C22H30F2O2. The zero-order valence-electron chi connectivity index (χ0n) is 15.8. The van der Waals surface area contributed by atoms with E-state index in [0.717, 1.165) is 36.0 Å². The van der Waals surface area contributed by atoms with Crippen LogP contribution in [-0.4, -0.2) is 30.1 Å². The molecule has 0 bridgehead atoms. The molecule has 0 aromatic carbocycles. The van der Waals surface area contributed by atoms with Gasteiger partial charge in [-0.1, -0.05) is 36.5 Å². The maximum atomic E-state index is 14.0. The number of rotatable bonds is 11. The Morgan fingerprint density at radius 2 is 2.23 bits per heavy atom. The minimum Gasteiger partial charge on any atom is -0.391 e. The summed E-state index contributed by atoms with van der Waals surface area (Å²) in [6, 6.07) is 0. The number of unbranched alkanes of at least 4 members (excludes halogenated alkanes) is 1. The van der Waals surface area contributed by atoms with Crippen molar-refractivity contribution in [2.24, 2.45) is 5.92 Å². The molecule has 0 spiro atoms. The molecule has 2 nitrogen and oxygen atoms in total. The number of ether oxygens (including phenoxy) is 1. The van der Waals surface area contributed by atoms with Crippen molar-refractivity contribution in [2.75, 3.05) is 6.61 Å². The Morgan fingerprint density at radius 1 is 1.46 bits per heavy atom. The van der Waals surface area contributed by atoms with E-state index in [-0.39, 0.29) is 24.5 Å². The summed E-state index contributed by atoms with van der Waals surface area (Å²) in [6.45, 7) is 7.92. The van der Waals surface area contributed by atoms with E-state index in [1.54, 1.807) is 25.2 Å². The number of hydrogen-bond donors (Lipinski definition) is 1. The Labute approximate surface area is 155 Å². The van der Waals surface area contributed by atoms with Crippen molar-refractivity contribution in [2.45, 2.75) is 64.3 Å². The molecular weight excluding hydrogens is 334 g/mol. The quantitative estimate of drug-likeness (QED) is 0.386. The first-order valence-corrected chi connectivity index (χ1v) is 9.42. The molecule has 3 unspecified atom stereocenters. The van der Waals surface area contributed by atoms with E-state index in [2.05, 4.69) is 6.58 Å². The van der Waals surface area contributed by atoms with Gasteiger partial charge in [-0.3, -0.25) is 0 Å². The molecule has 0 aromatic rings. The highest BCUT2D eigenvalue weighted by atomic mass is 19.1. The van der Waals surface area contributed by atoms with Crippen LogP contribution in [-0.2, 0) is 4.74 Å². The van der Waals surface area contributed by atoms with Crippen LogP contribution in [0, 0.1) is 5.92 Å². The highest BCUT2D eigenvalue weighted by Gasteiger charge is 2.32. The molecule has 2 aliphatic carbocycles. The van der Waals surface area contributed by atoms with Crippen LogP contribution in [0.3, 0.4) is 0 Å². The van der Waals surface area contributed by atoms with Crippen LogP contribution < -0.4 is 0 Å². The first-order valence-electron chi connectivity index (χ1n) is 9.42. The second-order valence-corrected chi connectivity index (χ2v) is 7.25. The van der Waals surface area contributed by atoms with Crippen molar-refractivity contribution in [3.8, 4) is 0 Å². The number of alkyl halides is 1. The minimum atomic E-state index is -0.990. The fourth-order valence-corrected chi connectivity index (χ4v) is 3.13. The van der Waals surface area contributed by atoms with E-state index in [4.69, 9.17) is 4.74 Å². The topological polar surface area (TPSA) is 29.5 Å². The summed E-state index contributed by atoms with van der Waals surface area (Å²) >= 11 is 0. The average molecular weight is 364 g/mol. The first kappa shape index (κ1) is 20.8. The van der Waals surface area contributed by atoms with Crippen LogP contribution in [0.2, 0.25) is 0 Å². The lowest BCUT2D eigenvalue weighted by Crippen LogP contribution is -2.13. The SMILES string of the molecule is C=C(CCCCC(F)/C=C\C1=C(C)C1OC[C@H](C)O)C1CC=CC=C1F. The Kier molecular flexibility index (Phi) is 7.98. The van der Waals surface area contributed by atoms with Gasteiger partial charge in [-0.15, -0.1) is 0 Å². The molecule has 0 amide bonds. The Bertz CT molecular complexity index is 614. The second kappa shape index (κ2) is 9.98. The molecule has 2 rings (SSSR count). The number of hydrogen-bond acceptors (Lipinski definition) is 2. The van der Waals surface area contributed by atoms with Gasteiger partial charge >= 0.3 is 0 Å². The zero-order chi connectivity index (χ0) is 19.1. The van der Waals surface area contributed by atoms with Gasteiger partial charge in [0.15, 0.2) is 0 Å². The predicted molar refractivity (Wildman–Crippen MR) is 102 cm³/mol. The smallest absolute Gasteiger partial charge is 0.119 e. The molecule has 1 N–H and O–H groups in total. The Hall–Kier alpha value is -1.52. The molecule has 4 heteroatoms. The van der Waals surface area contributed by atoms with Gasteiger partial charge < -0.3 is 9.84 Å². The van der Waals surface area contributed by atoms with Gasteiger partial charge in [-0.2, -0.15) is 0 Å². The van der Waals surface area contributed by atoms with Crippen molar-refractivity contribution in [3.05, 3.63) is 59.5 Å². The second-order valence-electron chi connectivity index (χ2n) is 7.25. The highest BCUT2D eigenvalue weighted by molar-refractivity contribution is 5.50. The lowest BCUT2D eigenvalue weighted by molar-refractivity contribution is 0.0419. The van der Waals surface area contributed by atoms with Gasteiger partial charge in [0.2, 0.25) is 0 Å². The maximum Gasteiger partial charge on any atom is 0.119 e. The third-order valence-corrected chi connectivity index (χ3v) is 4.85. The molecule has 0 heterocycles.